The van der Waals surface area contributed by atoms with Crippen LogP contribution in [0.1, 0.15) is 26.2 Å². The van der Waals surface area contributed by atoms with Crippen molar-refractivity contribution in [3.05, 3.63) is 0 Å². The normalized spacial score (nSPS) is 20.3. The van der Waals surface area contributed by atoms with Crippen molar-refractivity contribution in [3.63, 3.8) is 0 Å². The maximum atomic E-state index is 12.1. The number of carbonyl (C=O) groups is 1. The summed E-state index contributed by atoms with van der Waals surface area (Å²) in [4.78, 5) is 10.8. The number of nitrogens with one attached hydrogen (secondary N) is 1. The Kier molecular flexibility index (Phi) is 6.18. The Bertz CT molecular complexity index is 390. The van der Waals surface area contributed by atoms with E-state index in [9.17, 15) is 13.2 Å². The third-order valence-electron chi connectivity index (χ3n) is 3.25. The number of nitrogens with zero attached hydrogens (tertiary/aromatic N) is 1. The molecule has 1 saturated heterocycles. The minimum Gasteiger partial charge on any atom is -0.481 e. The molecule has 0 aromatic carbocycles. The number of methoxy groups -OCH3 is 1. The Labute approximate surface area is 114 Å². The van der Waals surface area contributed by atoms with Gasteiger partial charge >= 0.3 is 5.97 Å². The molecule has 0 amide bonds. The summed E-state index contributed by atoms with van der Waals surface area (Å²) in [6.45, 7) is 2.78. The second kappa shape index (κ2) is 7.18. The summed E-state index contributed by atoms with van der Waals surface area (Å²) in [5, 5.41) is 8.87. The highest BCUT2D eigenvalue weighted by Crippen LogP contribution is 2.19. The lowest BCUT2D eigenvalue weighted by Crippen LogP contribution is -2.48. The first-order chi connectivity index (χ1) is 8.86. The summed E-state index contributed by atoms with van der Waals surface area (Å²) in [5.41, 5.74) is 0. The van der Waals surface area contributed by atoms with E-state index in [2.05, 4.69) is 4.72 Å². The lowest BCUT2D eigenvalue weighted by Gasteiger charge is -2.30. The van der Waals surface area contributed by atoms with Gasteiger partial charge in [-0.3, -0.25) is 4.79 Å². The van der Waals surface area contributed by atoms with Crippen LogP contribution in [0.3, 0.4) is 0 Å². The highest BCUT2D eigenvalue weighted by molar-refractivity contribution is 7.87. The highest BCUT2D eigenvalue weighted by Gasteiger charge is 2.31. The minimum absolute atomic E-state index is 0.206. The molecule has 1 unspecified atom stereocenters. The van der Waals surface area contributed by atoms with Crippen LogP contribution in [-0.2, 0) is 19.7 Å². The SMILES string of the molecule is COCCC(C)NS(=O)(=O)N1CCC(C(=O)O)CC1. The van der Waals surface area contributed by atoms with E-state index in [0.717, 1.165) is 0 Å². The maximum absolute atomic E-state index is 12.1. The number of ether oxygens (including phenoxy) is 1. The summed E-state index contributed by atoms with van der Waals surface area (Å²) in [6.07, 6.45) is 1.33. The quantitative estimate of drug-likeness (QED) is 0.691. The van der Waals surface area contributed by atoms with Gasteiger partial charge in [0.15, 0.2) is 0 Å². The first kappa shape index (κ1) is 16.4. The Morgan fingerprint density at radius 3 is 2.53 bits per heavy atom. The zero-order valence-electron chi connectivity index (χ0n) is 11.3. The molecule has 1 aliphatic rings. The molecule has 7 nitrogen and oxygen atoms in total. The van der Waals surface area contributed by atoms with Crippen LogP contribution in [0.15, 0.2) is 0 Å². The van der Waals surface area contributed by atoms with E-state index in [1.165, 1.54) is 4.31 Å². The van der Waals surface area contributed by atoms with Crippen molar-refractivity contribution in [1.29, 1.82) is 0 Å². The number of piperidine rings is 1. The molecule has 0 bridgehead atoms. The van der Waals surface area contributed by atoms with Gasteiger partial charge in [0.2, 0.25) is 0 Å². The third-order valence-corrected chi connectivity index (χ3v) is 4.99. The van der Waals surface area contributed by atoms with Crippen LogP contribution in [0.25, 0.3) is 0 Å². The lowest BCUT2D eigenvalue weighted by molar-refractivity contribution is -0.142. The first-order valence-electron chi connectivity index (χ1n) is 6.36. The van der Waals surface area contributed by atoms with Crippen LogP contribution < -0.4 is 4.72 Å². The van der Waals surface area contributed by atoms with Gasteiger partial charge in [0.1, 0.15) is 0 Å². The zero-order chi connectivity index (χ0) is 14.5. The average molecular weight is 294 g/mol. The molecule has 1 atom stereocenters. The minimum atomic E-state index is -3.53. The second-order valence-corrected chi connectivity index (χ2v) is 6.52. The van der Waals surface area contributed by atoms with Crippen molar-refractivity contribution in [3.8, 4) is 0 Å². The highest BCUT2D eigenvalue weighted by atomic mass is 32.2. The number of hydrogen-bond acceptors (Lipinski definition) is 4. The molecule has 0 aliphatic carbocycles. The summed E-state index contributed by atoms with van der Waals surface area (Å²) < 4.78 is 32.9. The van der Waals surface area contributed by atoms with Gasteiger partial charge in [-0.05, 0) is 26.2 Å². The van der Waals surface area contributed by atoms with Crippen LogP contribution >= 0.6 is 0 Å². The van der Waals surface area contributed by atoms with Crippen molar-refractivity contribution < 1.29 is 23.1 Å². The smallest absolute Gasteiger partial charge is 0.306 e. The third kappa shape index (κ3) is 5.06. The van der Waals surface area contributed by atoms with E-state index in [1.54, 1.807) is 14.0 Å². The molecule has 0 aromatic rings. The summed E-state index contributed by atoms with van der Waals surface area (Å²) in [7, 11) is -1.96. The van der Waals surface area contributed by atoms with E-state index in [-0.39, 0.29) is 19.1 Å². The molecule has 1 heterocycles. The van der Waals surface area contributed by atoms with Crippen LogP contribution in [0, 0.1) is 5.92 Å². The van der Waals surface area contributed by atoms with Gasteiger partial charge < -0.3 is 9.84 Å². The predicted molar refractivity (Wildman–Crippen MR) is 69.9 cm³/mol. The van der Waals surface area contributed by atoms with Gasteiger partial charge in [-0.15, -0.1) is 0 Å². The van der Waals surface area contributed by atoms with Crippen molar-refractivity contribution in [2.24, 2.45) is 5.92 Å². The fourth-order valence-corrected chi connectivity index (χ4v) is 3.49. The van der Waals surface area contributed by atoms with E-state index < -0.39 is 22.1 Å². The van der Waals surface area contributed by atoms with Gasteiger partial charge in [0, 0.05) is 32.8 Å². The predicted octanol–water partition coefficient (Wildman–Crippen LogP) is 0.0424. The summed E-state index contributed by atoms with van der Waals surface area (Å²) in [5.74, 6) is -1.28. The van der Waals surface area contributed by atoms with E-state index in [1.807, 2.05) is 0 Å². The number of hydrogen-bond donors (Lipinski definition) is 2. The van der Waals surface area contributed by atoms with Crippen LogP contribution in [-0.4, -0.2) is 56.6 Å². The van der Waals surface area contributed by atoms with Crippen molar-refractivity contribution in [2.45, 2.75) is 32.2 Å². The molecule has 1 rings (SSSR count). The molecule has 2 N–H and O–H groups in total. The Balaban J connectivity index is 2.48. The molecule has 8 heteroatoms. The first-order valence-corrected chi connectivity index (χ1v) is 7.80. The van der Waals surface area contributed by atoms with Gasteiger partial charge in [0.25, 0.3) is 10.2 Å². The van der Waals surface area contributed by atoms with Crippen LogP contribution in [0.2, 0.25) is 0 Å². The number of rotatable bonds is 7. The molecule has 1 fully saturated rings. The molecule has 19 heavy (non-hydrogen) atoms. The van der Waals surface area contributed by atoms with Crippen molar-refractivity contribution in [1.82, 2.24) is 9.03 Å². The fourth-order valence-electron chi connectivity index (χ4n) is 2.03. The number of carboxylic acids is 1. The van der Waals surface area contributed by atoms with E-state index in [0.29, 0.717) is 25.9 Å². The largest absolute Gasteiger partial charge is 0.481 e. The molecule has 0 aromatic heterocycles. The molecule has 112 valence electrons. The van der Waals surface area contributed by atoms with Crippen LogP contribution in [0.4, 0.5) is 0 Å². The van der Waals surface area contributed by atoms with Crippen molar-refractivity contribution in [2.75, 3.05) is 26.8 Å². The maximum Gasteiger partial charge on any atom is 0.306 e. The standard InChI is InChI=1S/C11H22N2O5S/c1-9(5-8-18-2)12-19(16,17)13-6-3-10(4-7-13)11(14)15/h9-10,12H,3-8H2,1-2H3,(H,14,15). The fraction of sp³-hybridized carbons (Fsp3) is 0.909. The van der Waals surface area contributed by atoms with Crippen LogP contribution in [0.5, 0.6) is 0 Å². The summed E-state index contributed by atoms with van der Waals surface area (Å²) >= 11 is 0. The van der Waals surface area contributed by atoms with Gasteiger partial charge in [-0.25, -0.2) is 0 Å². The van der Waals surface area contributed by atoms with Gasteiger partial charge in [-0.1, -0.05) is 0 Å². The topological polar surface area (TPSA) is 95.9 Å². The number of aliphatic carboxylic acids is 1. The van der Waals surface area contributed by atoms with Crippen molar-refractivity contribution >= 4 is 16.2 Å². The Hall–Kier alpha value is -0.700. The van der Waals surface area contributed by atoms with E-state index in [4.69, 9.17) is 9.84 Å². The molecule has 0 radical (unpaired) electrons. The zero-order valence-corrected chi connectivity index (χ0v) is 12.1. The average Bonchev–Trinajstić information content (AvgIpc) is 2.36. The molecular weight excluding hydrogens is 272 g/mol. The Morgan fingerprint density at radius 1 is 1.47 bits per heavy atom. The lowest BCUT2D eigenvalue weighted by atomic mass is 9.99. The van der Waals surface area contributed by atoms with Gasteiger partial charge in [0.05, 0.1) is 5.92 Å². The second-order valence-electron chi connectivity index (χ2n) is 4.82. The number of carboxylic acid groups (broad SMARTS) is 1. The molecular formula is C11H22N2O5S. The molecule has 1 aliphatic heterocycles. The monoisotopic (exact) mass is 294 g/mol. The molecule has 0 saturated carbocycles. The Morgan fingerprint density at radius 2 is 2.05 bits per heavy atom. The summed E-state index contributed by atoms with van der Waals surface area (Å²) in [6, 6.07) is -0.206. The van der Waals surface area contributed by atoms with Gasteiger partial charge in [-0.2, -0.15) is 17.4 Å². The van der Waals surface area contributed by atoms with E-state index >= 15 is 0 Å². The molecule has 0 spiro atoms.